The summed E-state index contributed by atoms with van der Waals surface area (Å²) < 4.78 is 43.3. The van der Waals surface area contributed by atoms with Gasteiger partial charge in [-0.3, -0.25) is 14.3 Å². The van der Waals surface area contributed by atoms with Crippen LogP contribution in [0.2, 0.25) is 0 Å². The van der Waals surface area contributed by atoms with Gasteiger partial charge in [0, 0.05) is 43.4 Å². The molecule has 3 heterocycles. The van der Waals surface area contributed by atoms with Crippen molar-refractivity contribution in [2.75, 3.05) is 18.4 Å². The SMILES string of the molecule is Cc1cc(Nc2nn(C3CCCCC3F)c3cc[nH]c(=O)c23)ccc1C(=O)N1CCC(F)(F)CC1. The van der Waals surface area contributed by atoms with E-state index < -0.39 is 18.1 Å². The third-order valence-corrected chi connectivity index (χ3v) is 7.09. The Balaban J connectivity index is 1.42. The summed E-state index contributed by atoms with van der Waals surface area (Å²) in [5, 5.41) is 8.10. The van der Waals surface area contributed by atoms with Crippen molar-refractivity contribution in [3.05, 3.63) is 51.9 Å². The van der Waals surface area contributed by atoms with E-state index in [4.69, 9.17) is 0 Å². The van der Waals surface area contributed by atoms with Gasteiger partial charge in [-0.05, 0) is 49.6 Å². The number of piperidine rings is 1. The lowest BCUT2D eigenvalue weighted by atomic mass is 9.94. The van der Waals surface area contributed by atoms with Gasteiger partial charge in [0.15, 0.2) is 5.82 Å². The normalized spacial score (nSPS) is 22.3. The summed E-state index contributed by atoms with van der Waals surface area (Å²) in [6.07, 6.45) is 2.72. The zero-order chi connectivity index (χ0) is 24.7. The van der Waals surface area contributed by atoms with Gasteiger partial charge in [-0.15, -0.1) is 0 Å². The largest absolute Gasteiger partial charge is 0.338 e. The van der Waals surface area contributed by atoms with Crippen molar-refractivity contribution in [2.45, 2.75) is 63.6 Å². The molecule has 186 valence electrons. The second kappa shape index (κ2) is 9.05. The lowest BCUT2D eigenvalue weighted by Crippen LogP contribution is -2.42. The predicted molar refractivity (Wildman–Crippen MR) is 127 cm³/mol. The number of benzene rings is 1. The van der Waals surface area contributed by atoms with Crippen LogP contribution in [-0.2, 0) is 0 Å². The molecule has 2 unspecified atom stereocenters. The van der Waals surface area contributed by atoms with Crippen molar-refractivity contribution >= 4 is 28.3 Å². The molecule has 7 nitrogen and oxygen atoms in total. The first-order valence-electron chi connectivity index (χ1n) is 12.0. The van der Waals surface area contributed by atoms with Gasteiger partial charge in [0.25, 0.3) is 17.4 Å². The van der Waals surface area contributed by atoms with E-state index in [0.717, 1.165) is 12.8 Å². The molecule has 0 spiro atoms. The quantitative estimate of drug-likeness (QED) is 0.536. The number of aryl methyl sites for hydroxylation is 1. The summed E-state index contributed by atoms with van der Waals surface area (Å²) in [4.78, 5) is 29.7. The topological polar surface area (TPSA) is 83.0 Å². The van der Waals surface area contributed by atoms with E-state index in [1.165, 1.54) is 11.1 Å². The Morgan fingerprint density at radius 2 is 1.91 bits per heavy atom. The number of alkyl halides is 3. The molecule has 1 amide bonds. The maximum atomic E-state index is 14.7. The smallest absolute Gasteiger partial charge is 0.261 e. The minimum Gasteiger partial charge on any atom is -0.338 e. The minimum atomic E-state index is -2.72. The van der Waals surface area contributed by atoms with Crippen LogP contribution in [0, 0.1) is 6.92 Å². The van der Waals surface area contributed by atoms with Gasteiger partial charge in [-0.2, -0.15) is 5.10 Å². The first-order chi connectivity index (χ1) is 16.7. The number of rotatable bonds is 4. The van der Waals surface area contributed by atoms with Gasteiger partial charge in [0.1, 0.15) is 11.6 Å². The van der Waals surface area contributed by atoms with Crippen LogP contribution in [0.15, 0.2) is 35.3 Å². The fourth-order valence-electron chi connectivity index (χ4n) is 5.11. The summed E-state index contributed by atoms with van der Waals surface area (Å²) in [5.41, 5.74) is 1.96. The molecular formula is C25H28F3N5O2. The molecule has 0 radical (unpaired) electrons. The number of nitrogens with zero attached hydrogens (tertiary/aromatic N) is 3. The molecule has 2 atom stereocenters. The van der Waals surface area contributed by atoms with E-state index in [1.807, 2.05) is 0 Å². The van der Waals surface area contributed by atoms with Crippen molar-refractivity contribution in [2.24, 2.45) is 0 Å². The van der Waals surface area contributed by atoms with Crippen molar-refractivity contribution in [1.29, 1.82) is 0 Å². The van der Waals surface area contributed by atoms with Crippen LogP contribution in [-0.4, -0.2) is 50.8 Å². The highest BCUT2D eigenvalue weighted by Gasteiger charge is 2.36. The van der Waals surface area contributed by atoms with Crippen LogP contribution in [0.3, 0.4) is 0 Å². The summed E-state index contributed by atoms with van der Waals surface area (Å²) in [7, 11) is 0. The predicted octanol–water partition coefficient (Wildman–Crippen LogP) is 5.10. The number of halogens is 3. The van der Waals surface area contributed by atoms with Crippen molar-refractivity contribution < 1.29 is 18.0 Å². The molecule has 0 bridgehead atoms. The average molecular weight is 488 g/mol. The number of aromatic nitrogens is 3. The number of nitrogens with one attached hydrogen (secondary N) is 2. The standard InChI is InChI=1S/C25H28F3N5O2/c1-15-14-16(6-7-17(15)24(35)32-12-9-25(27,28)10-13-32)30-22-21-20(8-11-29-23(21)34)33(31-22)19-5-3-2-4-18(19)26/h6-8,11,14,18-19H,2-5,9-10,12-13H2,1H3,(H,29,34)(H,30,31). The molecular weight excluding hydrogens is 459 g/mol. The first kappa shape index (κ1) is 23.4. The molecule has 1 aliphatic heterocycles. The Bertz CT molecular complexity index is 1310. The van der Waals surface area contributed by atoms with Crippen molar-refractivity contribution in [3.63, 3.8) is 0 Å². The van der Waals surface area contributed by atoms with Crippen molar-refractivity contribution in [3.8, 4) is 0 Å². The number of hydrogen-bond acceptors (Lipinski definition) is 4. The van der Waals surface area contributed by atoms with E-state index >= 15 is 0 Å². The zero-order valence-corrected chi connectivity index (χ0v) is 19.5. The van der Waals surface area contributed by atoms with Gasteiger partial charge >= 0.3 is 0 Å². The zero-order valence-electron chi connectivity index (χ0n) is 19.5. The van der Waals surface area contributed by atoms with Crippen molar-refractivity contribution in [1.82, 2.24) is 19.7 Å². The number of hydrogen-bond donors (Lipinski definition) is 2. The maximum Gasteiger partial charge on any atom is 0.261 e. The Morgan fingerprint density at radius 3 is 2.63 bits per heavy atom. The van der Waals surface area contributed by atoms with Crippen LogP contribution in [0.4, 0.5) is 24.7 Å². The fourth-order valence-corrected chi connectivity index (χ4v) is 5.11. The summed E-state index contributed by atoms with van der Waals surface area (Å²) >= 11 is 0. The summed E-state index contributed by atoms with van der Waals surface area (Å²) in [6, 6.07) is 6.40. The average Bonchev–Trinajstić information content (AvgIpc) is 3.18. The van der Waals surface area contributed by atoms with Gasteiger partial charge in [0.05, 0.1) is 11.6 Å². The third kappa shape index (κ3) is 4.53. The lowest BCUT2D eigenvalue weighted by Gasteiger charge is -2.32. The molecule has 35 heavy (non-hydrogen) atoms. The van der Waals surface area contributed by atoms with E-state index in [2.05, 4.69) is 15.4 Å². The Labute approximate surface area is 200 Å². The lowest BCUT2D eigenvalue weighted by molar-refractivity contribution is -0.0494. The van der Waals surface area contributed by atoms with E-state index in [-0.39, 0.29) is 37.4 Å². The van der Waals surface area contributed by atoms with Gasteiger partial charge in [-0.1, -0.05) is 12.8 Å². The van der Waals surface area contributed by atoms with Gasteiger partial charge in [0.2, 0.25) is 0 Å². The Kier molecular flexibility index (Phi) is 6.06. The number of aromatic amines is 1. The highest BCUT2D eigenvalue weighted by Crippen LogP contribution is 2.35. The molecule has 5 rings (SSSR count). The highest BCUT2D eigenvalue weighted by molar-refractivity contribution is 5.96. The number of H-pyrrole nitrogens is 1. The molecule has 2 fully saturated rings. The third-order valence-electron chi connectivity index (χ3n) is 7.09. The van der Waals surface area contributed by atoms with Crippen LogP contribution >= 0.6 is 0 Å². The van der Waals surface area contributed by atoms with E-state index in [1.54, 1.807) is 35.9 Å². The number of fused-ring (bicyclic) bond motifs is 1. The van der Waals surface area contributed by atoms with E-state index in [0.29, 0.717) is 46.4 Å². The Morgan fingerprint density at radius 1 is 1.17 bits per heavy atom. The number of carbonyl (C=O) groups is 1. The number of carbonyl (C=O) groups excluding carboxylic acids is 1. The molecule has 10 heteroatoms. The number of pyridine rings is 1. The molecule has 1 saturated heterocycles. The van der Waals surface area contributed by atoms with Gasteiger partial charge < -0.3 is 15.2 Å². The molecule has 2 aliphatic rings. The van der Waals surface area contributed by atoms with Crippen LogP contribution in [0.5, 0.6) is 0 Å². The minimum absolute atomic E-state index is 0.0220. The second-order valence-corrected chi connectivity index (χ2v) is 9.53. The molecule has 1 saturated carbocycles. The number of anilines is 2. The first-order valence-corrected chi connectivity index (χ1v) is 12.0. The number of amides is 1. The van der Waals surface area contributed by atoms with Crippen LogP contribution in [0.25, 0.3) is 10.9 Å². The maximum absolute atomic E-state index is 14.7. The molecule has 3 aromatic rings. The monoisotopic (exact) mass is 487 g/mol. The second-order valence-electron chi connectivity index (χ2n) is 9.53. The van der Waals surface area contributed by atoms with Crippen LogP contribution in [0.1, 0.15) is 60.5 Å². The summed E-state index contributed by atoms with van der Waals surface area (Å²) in [6.45, 7) is 1.82. The molecule has 1 aliphatic carbocycles. The molecule has 2 aromatic heterocycles. The fraction of sp³-hybridized carbons (Fsp3) is 0.480. The van der Waals surface area contributed by atoms with E-state index in [9.17, 15) is 22.8 Å². The van der Waals surface area contributed by atoms with Crippen LogP contribution < -0.4 is 10.9 Å². The Hall–Kier alpha value is -3.30. The van der Waals surface area contributed by atoms with Gasteiger partial charge in [-0.25, -0.2) is 13.2 Å². The molecule has 2 N–H and O–H groups in total. The summed E-state index contributed by atoms with van der Waals surface area (Å²) in [5.74, 6) is -2.68. The highest BCUT2D eigenvalue weighted by atomic mass is 19.3. The number of likely N-dealkylation sites (tertiary alicyclic amines) is 1. The molecule has 1 aromatic carbocycles.